The Morgan fingerprint density at radius 1 is 1.26 bits per heavy atom. The highest BCUT2D eigenvalue weighted by Crippen LogP contribution is 2.28. The molecule has 0 spiro atoms. The van der Waals surface area contributed by atoms with E-state index in [0.29, 0.717) is 19.1 Å². The van der Waals surface area contributed by atoms with Gasteiger partial charge in [0.25, 0.3) is 0 Å². The zero-order valence-electron chi connectivity index (χ0n) is 18.6. The Morgan fingerprint density at radius 2 is 2.10 bits per heavy atom. The van der Waals surface area contributed by atoms with Crippen LogP contribution < -0.4 is 9.64 Å². The average Bonchev–Trinajstić information content (AvgIpc) is 3.25. The quantitative estimate of drug-likeness (QED) is 0.607. The van der Waals surface area contributed by atoms with Crippen molar-refractivity contribution in [1.29, 1.82) is 0 Å². The second kappa shape index (κ2) is 8.88. The standard InChI is InChI=1S/C24H29N5O2/c1-5-31-19-8-9-21-20(13-19)17(3)26-24(27-21)29-12-6-7-22(29)23(30)28(4)15-18-10-11-25-14-16(18)2/h8-11,13-14,22H,5-7,12,15H2,1-4H3. The Kier molecular flexibility index (Phi) is 6.02. The highest BCUT2D eigenvalue weighted by Gasteiger charge is 2.34. The van der Waals surface area contributed by atoms with Crippen molar-refractivity contribution in [3.63, 3.8) is 0 Å². The number of carbonyl (C=O) groups excluding carboxylic acids is 1. The van der Waals surface area contributed by atoms with Crippen LogP contribution in [0.1, 0.15) is 36.6 Å². The number of likely N-dealkylation sites (N-methyl/N-ethyl adjacent to an activating group) is 1. The normalized spacial score (nSPS) is 16.0. The second-order valence-electron chi connectivity index (χ2n) is 8.07. The molecule has 162 valence electrons. The Balaban J connectivity index is 1.57. The highest BCUT2D eigenvalue weighted by atomic mass is 16.5. The smallest absolute Gasteiger partial charge is 0.245 e. The van der Waals surface area contributed by atoms with Crippen LogP contribution in [0.3, 0.4) is 0 Å². The zero-order chi connectivity index (χ0) is 22.0. The largest absolute Gasteiger partial charge is 0.494 e. The van der Waals surface area contributed by atoms with Crippen LogP contribution in [0.5, 0.6) is 5.75 Å². The van der Waals surface area contributed by atoms with Gasteiger partial charge in [-0.3, -0.25) is 9.78 Å². The Labute approximate surface area is 183 Å². The molecule has 0 radical (unpaired) electrons. The van der Waals surface area contributed by atoms with Gasteiger partial charge in [0.1, 0.15) is 11.8 Å². The van der Waals surface area contributed by atoms with E-state index in [9.17, 15) is 4.79 Å². The molecule has 3 heterocycles. The van der Waals surface area contributed by atoms with Gasteiger partial charge in [0.05, 0.1) is 17.8 Å². The fraction of sp³-hybridized carbons (Fsp3) is 0.417. The van der Waals surface area contributed by atoms with Gasteiger partial charge < -0.3 is 14.5 Å². The van der Waals surface area contributed by atoms with Gasteiger partial charge in [-0.25, -0.2) is 9.97 Å². The summed E-state index contributed by atoms with van der Waals surface area (Å²) in [6.45, 7) is 7.93. The number of rotatable bonds is 6. The van der Waals surface area contributed by atoms with Crippen molar-refractivity contribution >= 4 is 22.8 Å². The number of nitrogens with zero attached hydrogens (tertiary/aromatic N) is 5. The second-order valence-corrected chi connectivity index (χ2v) is 8.07. The number of pyridine rings is 1. The SMILES string of the molecule is CCOc1ccc2nc(N3CCCC3C(=O)N(C)Cc3ccncc3C)nc(C)c2c1. The number of benzene rings is 1. The molecule has 1 fully saturated rings. The summed E-state index contributed by atoms with van der Waals surface area (Å²) < 4.78 is 5.61. The Morgan fingerprint density at radius 3 is 2.87 bits per heavy atom. The molecule has 2 aromatic heterocycles. The van der Waals surface area contributed by atoms with E-state index in [4.69, 9.17) is 14.7 Å². The predicted molar refractivity (Wildman–Crippen MR) is 121 cm³/mol. The summed E-state index contributed by atoms with van der Waals surface area (Å²) in [6, 6.07) is 7.60. The van der Waals surface area contributed by atoms with Gasteiger partial charge in [0, 0.05) is 37.9 Å². The summed E-state index contributed by atoms with van der Waals surface area (Å²) in [6.07, 6.45) is 5.36. The van der Waals surface area contributed by atoms with Gasteiger partial charge in [-0.1, -0.05) is 0 Å². The maximum absolute atomic E-state index is 13.3. The molecule has 0 saturated carbocycles. The summed E-state index contributed by atoms with van der Waals surface area (Å²) in [5, 5.41) is 0.974. The van der Waals surface area contributed by atoms with Crippen LogP contribution in [0, 0.1) is 13.8 Å². The van der Waals surface area contributed by atoms with Gasteiger partial charge in [-0.05, 0) is 69.0 Å². The van der Waals surface area contributed by atoms with Crippen LogP contribution in [0.15, 0.2) is 36.7 Å². The number of fused-ring (bicyclic) bond motifs is 1. The fourth-order valence-electron chi connectivity index (χ4n) is 4.16. The van der Waals surface area contributed by atoms with Crippen molar-refractivity contribution in [3.05, 3.63) is 53.5 Å². The van der Waals surface area contributed by atoms with Crippen LogP contribution in [-0.2, 0) is 11.3 Å². The number of anilines is 1. The molecule has 7 heteroatoms. The van der Waals surface area contributed by atoms with E-state index >= 15 is 0 Å². The van der Waals surface area contributed by atoms with E-state index in [1.54, 1.807) is 11.1 Å². The summed E-state index contributed by atoms with van der Waals surface area (Å²) >= 11 is 0. The van der Waals surface area contributed by atoms with Crippen LogP contribution in [0.25, 0.3) is 10.9 Å². The lowest BCUT2D eigenvalue weighted by atomic mass is 10.1. The number of aromatic nitrogens is 3. The highest BCUT2D eigenvalue weighted by molar-refractivity contribution is 5.87. The molecule has 1 aliphatic rings. The fourth-order valence-corrected chi connectivity index (χ4v) is 4.16. The lowest BCUT2D eigenvalue weighted by Gasteiger charge is -2.28. The van der Waals surface area contributed by atoms with Gasteiger partial charge >= 0.3 is 0 Å². The molecule has 4 rings (SSSR count). The van der Waals surface area contributed by atoms with E-state index in [-0.39, 0.29) is 11.9 Å². The summed E-state index contributed by atoms with van der Waals surface area (Å²) in [5.74, 6) is 1.54. The summed E-state index contributed by atoms with van der Waals surface area (Å²) in [5.41, 5.74) is 3.95. The minimum atomic E-state index is -0.244. The third-order valence-corrected chi connectivity index (χ3v) is 5.87. The van der Waals surface area contributed by atoms with E-state index < -0.39 is 0 Å². The number of amides is 1. The lowest BCUT2D eigenvalue weighted by molar-refractivity contribution is -0.131. The van der Waals surface area contributed by atoms with Crippen molar-refractivity contribution in [2.45, 2.75) is 46.2 Å². The van der Waals surface area contributed by atoms with Gasteiger partial charge in [-0.2, -0.15) is 0 Å². The van der Waals surface area contributed by atoms with Crippen molar-refractivity contribution in [2.24, 2.45) is 0 Å². The van der Waals surface area contributed by atoms with Gasteiger partial charge in [-0.15, -0.1) is 0 Å². The van der Waals surface area contributed by atoms with Crippen molar-refractivity contribution < 1.29 is 9.53 Å². The van der Waals surface area contributed by atoms with Crippen LogP contribution in [0.2, 0.25) is 0 Å². The molecule has 0 bridgehead atoms. The molecule has 1 saturated heterocycles. The molecule has 1 atom stereocenters. The monoisotopic (exact) mass is 419 g/mol. The van der Waals surface area contributed by atoms with E-state index in [1.807, 2.05) is 58.3 Å². The van der Waals surface area contributed by atoms with Gasteiger partial charge in [0.15, 0.2) is 0 Å². The number of carbonyl (C=O) groups is 1. The minimum absolute atomic E-state index is 0.0988. The molecule has 1 amide bonds. The maximum Gasteiger partial charge on any atom is 0.245 e. The average molecular weight is 420 g/mol. The third-order valence-electron chi connectivity index (χ3n) is 5.87. The maximum atomic E-state index is 13.3. The first-order valence-corrected chi connectivity index (χ1v) is 10.8. The minimum Gasteiger partial charge on any atom is -0.494 e. The number of hydrogen-bond donors (Lipinski definition) is 0. The first kappa shape index (κ1) is 21.0. The number of aryl methyl sites for hydroxylation is 2. The third kappa shape index (κ3) is 4.31. The molecule has 0 N–H and O–H groups in total. The van der Waals surface area contributed by atoms with E-state index in [1.165, 1.54) is 0 Å². The molecule has 31 heavy (non-hydrogen) atoms. The number of ether oxygens (including phenoxy) is 1. The molecule has 3 aromatic rings. The molecule has 7 nitrogen and oxygen atoms in total. The summed E-state index contributed by atoms with van der Waals surface area (Å²) in [7, 11) is 1.86. The van der Waals surface area contributed by atoms with Crippen LogP contribution >= 0.6 is 0 Å². The first-order chi connectivity index (χ1) is 15.0. The first-order valence-electron chi connectivity index (χ1n) is 10.8. The van der Waals surface area contributed by atoms with Crippen molar-refractivity contribution in [3.8, 4) is 5.75 Å². The van der Waals surface area contributed by atoms with E-state index in [2.05, 4.69) is 9.88 Å². The predicted octanol–water partition coefficient (Wildman–Crippen LogP) is 3.67. The van der Waals surface area contributed by atoms with Crippen molar-refractivity contribution in [2.75, 3.05) is 25.1 Å². The van der Waals surface area contributed by atoms with Gasteiger partial charge in [0.2, 0.25) is 11.9 Å². The Hall–Kier alpha value is -3.22. The topological polar surface area (TPSA) is 71.5 Å². The molecular formula is C24H29N5O2. The molecule has 1 aromatic carbocycles. The van der Waals surface area contributed by atoms with E-state index in [0.717, 1.165) is 52.9 Å². The molecular weight excluding hydrogens is 390 g/mol. The molecule has 1 unspecified atom stereocenters. The summed E-state index contributed by atoms with van der Waals surface area (Å²) in [4.78, 5) is 30.8. The Bertz CT molecular complexity index is 1100. The van der Waals surface area contributed by atoms with Crippen LogP contribution in [-0.4, -0.2) is 52.0 Å². The number of hydrogen-bond acceptors (Lipinski definition) is 6. The molecule has 1 aliphatic heterocycles. The van der Waals surface area contributed by atoms with Crippen LogP contribution in [0.4, 0.5) is 5.95 Å². The molecule has 0 aliphatic carbocycles. The zero-order valence-corrected chi connectivity index (χ0v) is 18.6. The van der Waals surface area contributed by atoms with Crippen molar-refractivity contribution in [1.82, 2.24) is 19.9 Å². The lowest BCUT2D eigenvalue weighted by Crippen LogP contribution is -2.44.